The topological polar surface area (TPSA) is 121 Å². The van der Waals surface area contributed by atoms with Gasteiger partial charge in [0.15, 0.2) is 0 Å². The van der Waals surface area contributed by atoms with Crippen molar-refractivity contribution in [2.24, 2.45) is 10.9 Å². The minimum Gasteiger partial charge on any atom is -0.480 e. The number of carboxylic acid groups (broad SMARTS) is 1. The number of amides is 1. The van der Waals surface area contributed by atoms with Gasteiger partial charge in [0.05, 0.1) is 0 Å². The molecule has 1 amide bonds. The molecule has 3 aliphatic rings. The highest BCUT2D eigenvalue weighted by Gasteiger charge is 2.48. The first-order valence-corrected chi connectivity index (χ1v) is 13.7. The first-order chi connectivity index (χ1) is 16.8. The van der Waals surface area contributed by atoms with E-state index in [-0.39, 0.29) is 25.5 Å². The molecule has 0 bridgehead atoms. The van der Waals surface area contributed by atoms with Crippen LogP contribution in [0.4, 0.5) is 0 Å². The second-order valence-electron chi connectivity index (χ2n) is 9.68. The maximum Gasteiger partial charge on any atom is 0.323 e. The number of hydrogen-bond donors (Lipinski definition) is 2. The van der Waals surface area contributed by atoms with E-state index in [0.29, 0.717) is 24.3 Å². The Labute approximate surface area is 204 Å². The lowest BCUT2D eigenvalue weighted by atomic mass is 9.88. The van der Waals surface area contributed by atoms with E-state index in [1.54, 1.807) is 35.0 Å². The number of carboxylic acids is 1. The zero-order valence-corrected chi connectivity index (χ0v) is 20.3. The second kappa shape index (κ2) is 9.23. The molecule has 35 heavy (non-hydrogen) atoms. The van der Waals surface area contributed by atoms with Crippen LogP contribution < -0.4 is 5.32 Å². The van der Waals surface area contributed by atoms with Crippen molar-refractivity contribution in [1.82, 2.24) is 14.2 Å². The summed E-state index contributed by atoms with van der Waals surface area (Å²) in [5.74, 6) is 0.0712. The molecule has 3 heterocycles. The highest BCUT2D eigenvalue weighted by Crippen LogP contribution is 2.35. The highest BCUT2D eigenvalue weighted by molar-refractivity contribution is 7.92. The Morgan fingerprint density at radius 1 is 1.17 bits per heavy atom. The summed E-state index contributed by atoms with van der Waals surface area (Å²) in [6.45, 7) is 0.310. The Morgan fingerprint density at radius 2 is 1.91 bits per heavy atom. The first-order valence-electron chi connectivity index (χ1n) is 12.2. The molecule has 1 aromatic carbocycles. The van der Waals surface area contributed by atoms with E-state index < -0.39 is 21.5 Å². The molecule has 0 radical (unpaired) electrons. The third-order valence-corrected chi connectivity index (χ3v) is 9.04. The molecule has 2 aromatic rings. The van der Waals surface area contributed by atoms with Crippen molar-refractivity contribution < 1.29 is 23.1 Å². The molecule has 2 N–H and O–H groups in total. The molecule has 1 aromatic heterocycles. The maximum atomic E-state index is 13.1. The molecule has 5 rings (SSSR count). The Bertz CT molecular complexity index is 1310. The van der Waals surface area contributed by atoms with Gasteiger partial charge in [-0.3, -0.25) is 14.6 Å². The van der Waals surface area contributed by atoms with Crippen LogP contribution in [0.5, 0.6) is 0 Å². The molecule has 186 valence electrons. The van der Waals surface area contributed by atoms with Gasteiger partial charge < -0.3 is 15.0 Å². The molecule has 1 aliphatic carbocycles. The quantitative estimate of drug-likeness (QED) is 0.634. The molecule has 0 unspecified atom stereocenters. The van der Waals surface area contributed by atoms with E-state index in [4.69, 9.17) is 10.1 Å². The summed E-state index contributed by atoms with van der Waals surface area (Å²) in [6.07, 6.45) is 9.61. The highest BCUT2D eigenvalue weighted by atomic mass is 32.2. The Balaban J connectivity index is 1.29. The lowest BCUT2D eigenvalue weighted by molar-refractivity contribution is -0.137. The van der Waals surface area contributed by atoms with Crippen LogP contribution in [-0.4, -0.2) is 58.7 Å². The number of carbonyl (C=O) groups is 2. The number of carbonyl (C=O) groups excluding carboxylic acids is 1. The van der Waals surface area contributed by atoms with Crippen LogP contribution >= 0.6 is 0 Å². The summed E-state index contributed by atoms with van der Waals surface area (Å²) in [4.78, 5) is 28.7. The number of piperidine rings is 1. The fourth-order valence-corrected chi connectivity index (χ4v) is 6.66. The third kappa shape index (κ3) is 4.64. The summed E-state index contributed by atoms with van der Waals surface area (Å²) >= 11 is 0. The van der Waals surface area contributed by atoms with Gasteiger partial charge in [0.1, 0.15) is 17.9 Å². The Morgan fingerprint density at radius 3 is 2.63 bits per heavy atom. The van der Waals surface area contributed by atoms with Crippen LogP contribution in [0.15, 0.2) is 40.9 Å². The fourth-order valence-electron chi connectivity index (χ4n) is 5.48. The summed E-state index contributed by atoms with van der Waals surface area (Å²) < 4.78 is 29.1. The van der Waals surface area contributed by atoms with Gasteiger partial charge in [0.25, 0.3) is 5.91 Å². The SMILES string of the molecule is O=C(O)Cn1ccc2c(/C=C/S(=O)(=O)N3CCC4(CC3)N=C(C3CCCCC3)NC4=O)cccc21. The summed E-state index contributed by atoms with van der Waals surface area (Å²) in [7, 11) is -3.69. The molecular weight excluding hydrogens is 468 g/mol. The summed E-state index contributed by atoms with van der Waals surface area (Å²) in [5.41, 5.74) is 0.576. The van der Waals surface area contributed by atoms with Crippen LogP contribution in [0.3, 0.4) is 0 Å². The lowest BCUT2D eigenvalue weighted by Gasteiger charge is -2.34. The lowest BCUT2D eigenvalue weighted by Crippen LogP contribution is -2.50. The van der Waals surface area contributed by atoms with Crippen molar-refractivity contribution in [3.05, 3.63) is 41.4 Å². The predicted molar refractivity (Wildman–Crippen MR) is 133 cm³/mol. The molecule has 2 aliphatic heterocycles. The smallest absolute Gasteiger partial charge is 0.323 e. The Hall–Kier alpha value is -2.98. The molecule has 2 fully saturated rings. The average Bonchev–Trinajstić information content (AvgIpc) is 3.39. The number of amidine groups is 1. The normalized spacial score (nSPS) is 21.6. The van der Waals surface area contributed by atoms with E-state index in [9.17, 15) is 18.0 Å². The predicted octanol–water partition coefficient (Wildman–Crippen LogP) is 2.97. The van der Waals surface area contributed by atoms with Crippen molar-refractivity contribution in [2.75, 3.05) is 13.1 Å². The van der Waals surface area contributed by atoms with E-state index in [2.05, 4.69) is 5.32 Å². The van der Waals surface area contributed by atoms with Gasteiger partial charge in [-0.25, -0.2) is 8.42 Å². The minimum absolute atomic E-state index is 0.0942. The zero-order valence-electron chi connectivity index (χ0n) is 19.5. The van der Waals surface area contributed by atoms with Gasteiger partial charge in [-0.2, -0.15) is 4.31 Å². The fraction of sp³-hybridized carbons (Fsp3) is 0.480. The van der Waals surface area contributed by atoms with E-state index >= 15 is 0 Å². The number of fused-ring (bicyclic) bond motifs is 1. The number of nitrogens with zero attached hydrogens (tertiary/aromatic N) is 3. The first kappa shape index (κ1) is 23.7. The molecule has 1 spiro atoms. The second-order valence-corrected chi connectivity index (χ2v) is 11.5. The largest absolute Gasteiger partial charge is 0.480 e. The molecule has 1 saturated carbocycles. The van der Waals surface area contributed by atoms with E-state index in [0.717, 1.165) is 42.4 Å². The third-order valence-electron chi connectivity index (χ3n) is 7.47. The van der Waals surface area contributed by atoms with Crippen molar-refractivity contribution in [3.8, 4) is 0 Å². The van der Waals surface area contributed by atoms with Crippen LogP contribution in [-0.2, 0) is 26.2 Å². The molecule has 10 heteroatoms. The standard InChI is InChI=1S/C25H30N4O5S/c30-22(31)17-28-13-9-20-18(7-4-8-21(20)28)10-16-35(33,34)29-14-11-25(12-15-29)24(32)26-23(27-25)19-5-2-1-3-6-19/h4,7-10,13,16,19H,1-3,5-6,11-12,14-15,17H2,(H,30,31)(H,26,27,32)/b16-10+. The maximum absolute atomic E-state index is 13.1. The number of aromatic nitrogens is 1. The van der Waals surface area contributed by atoms with Crippen LogP contribution in [0.2, 0.25) is 0 Å². The number of hydrogen-bond acceptors (Lipinski definition) is 5. The molecule has 0 atom stereocenters. The van der Waals surface area contributed by atoms with Crippen LogP contribution in [0.25, 0.3) is 17.0 Å². The number of sulfonamides is 1. The number of aliphatic carboxylic acids is 1. The van der Waals surface area contributed by atoms with E-state index in [1.165, 1.54) is 16.1 Å². The van der Waals surface area contributed by atoms with Crippen molar-refractivity contribution >= 4 is 44.7 Å². The van der Waals surface area contributed by atoms with Gasteiger partial charge in [-0.05, 0) is 49.5 Å². The van der Waals surface area contributed by atoms with Crippen molar-refractivity contribution in [2.45, 2.75) is 57.0 Å². The average molecular weight is 499 g/mol. The molecule has 1 saturated heterocycles. The minimum atomic E-state index is -3.69. The van der Waals surface area contributed by atoms with Crippen molar-refractivity contribution in [3.63, 3.8) is 0 Å². The number of nitrogens with one attached hydrogen (secondary N) is 1. The van der Waals surface area contributed by atoms with Gasteiger partial charge in [-0.15, -0.1) is 0 Å². The monoisotopic (exact) mass is 498 g/mol. The zero-order chi connectivity index (χ0) is 24.6. The number of benzene rings is 1. The van der Waals surface area contributed by atoms with Gasteiger partial charge in [0, 0.05) is 41.5 Å². The molecule has 9 nitrogen and oxygen atoms in total. The van der Waals surface area contributed by atoms with Crippen molar-refractivity contribution in [1.29, 1.82) is 0 Å². The summed E-state index contributed by atoms with van der Waals surface area (Å²) in [6, 6.07) is 7.17. The van der Waals surface area contributed by atoms with Gasteiger partial charge >= 0.3 is 5.97 Å². The summed E-state index contributed by atoms with van der Waals surface area (Å²) in [5, 5.41) is 14.1. The van der Waals surface area contributed by atoms with Gasteiger partial charge in [0.2, 0.25) is 10.0 Å². The van der Waals surface area contributed by atoms with Crippen LogP contribution in [0.1, 0.15) is 50.5 Å². The molecular formula is C25H30N4O5S. The Kier molecular flexibility index (Phi) is 6.27. The van der Waals surface area contributed by atoms with E-state index in [1.807, 2.05) is 6.07 Å². The van der Waals surface area contributed by atoms with Crippen LogP contribution in [0, 0.1) is 5.92 Å². The van der Waals surface area contributed by atoms with Gasteiger partial charge in [-0.1, -0.05) is 31.4 Å². The number of aliphatic imine (C=N–C) groups is 1. The number of rotatable bonds is 6.